The van der Waals surface area contributed by atoms with Crippen LogP contribution in [0.2, 0.25) is 0 Å². The van der Waals surface area contributed by atoms with Gasteiger partial charge in [-0.15, -0.1) is 0 Å². The number of aromatic nitrogens is 3. The molecule has 9 heteroatoms. The van der Waals surface area contributed by atoms with Crippen LogP contribution in [0.4, 0.5) is 5.69 Å². The predicted octanol–water partition coefficient (Wildman–Crippen LogP) is 2.31. The molecule has 2 aromatic carbocycles. The number of rotatable bonds is 4. The molecule has 0 aliphatic carbocycles. The van der Waals surface area contributed by atoms with Crippen LogP contribution >= 0.6 is 0 Å². The summed E-state index contributed by atoms with van der Waals surface area (Å²) in [6.07, 6.45) is 3.25. The molecule has 4 aromatic rings. The van der Waals surface area contributed by atoms with Crippen LogP contribution in [0.1, 0.15) is 0 Å². The third-order valence-corrected chi connectivity index (χ3v) is 5.03. The Morgan fingerprint density at radius 3 is 2.60 bits per heavy atom. The highest BCUT2D eigenvalue weighted by Crippen LogP contribution is 2.22. The van der Waals surface area contributed by atoms with Crippen LogP contribution in [0.3, 0.4) is 0 Å². The molecule has 0 aliphatic heterocycles. The summed E-state index contributed by atoms with van der Waals surface area (Å²) in [7, 11) is -3.81. The van der Waals surface area contributed by atoms with E-state index in [0.29, 0.717) is 11.2 Å². The van der Waals surface area contributed by atoms with Crippen LogP contribution in [0.25, 0.3) is 22.4 Å². The Bertz CT molecular complexity index is 1190. The third kappa shape index (κ3) is 2.92. The second kappa shape index (κ2) is 5.64. The number of nitrogens with zero attached hydrogens (tertiary/aromatic N) is 1. The number of benzene rings is 2. The molecule has 4 rings (SSSR count). The van der Waals surface area contributed by atoms with E-state index in [4.69, 9.17) is 4.42 Å². The predicted molar refractivity (Wildman–Crippen MR) is 91.7 cm³/mol. The molecule has 8 nitrogen and oxygen atoms in total. The van der Waals surface area contributed by atoms with Crippen LogP contribution in [0.15, 0.2) is 69.1 Å². The molecule has 0 aliphatic rings. The van der Waals surface area contributed by atoms with Gasteiger partial charge in [0.2, 0.25) is 0 Å². The van der Waals surface area contributed by atoms with Crippen molar-refractivity contribution in [2.45, 2.75) is 4.90 Å². The van der Waals surface area contributed by atoms with E-state index < -0.39 is 15.8 Å². The van der Waals surface area contributed by atoms with Gasteiger partial charge in [-0.3, -0.25) is 9.71 Å². The topological polar surface area (TPSA) is 121 Å². The number of nitrogens with one attached hydrogen (secondary N) is 3. The van der Waals surface area contributed by atoms with Crippen LogP contribution in [0.5, 0.6) is 0 Å². The highest BCUT2D eigenvalue weighted by Gasteiger charge is 2.16. The first-order valence-electron chi connectivity index (χ1n) is 7.26. The van der Waals surface area contributed by atoms with Crippen molar-refractivity contribution in [2.75, 3.05) is 4.72 Å². The van der Waals surface area contributed by atoms with Crippen LogP contribution in [-0.2, 0) is 10.0 Å². The van der Waals surface area contributed by atoms with Gasteiger partial charge in [0.25, 0.3) is 10.0 Å². The first kappa shape index (κ1) is 15.2. The maximum absolute atomic E-state index is 12.5. The summed E-state index contributed by atoms with van der Waals surface area (Å²) in [4.78, 5) is 20.6. The van der Waals surface area contributed by atoms with Crippen molar-refractivity contribution < 1.29 is 12.8 Å². The Labute approximate surface area is 141 Å². The second-order valence-corrected chi connectivity index (χ2v) is 7.00. The SMILES string of the molecule is O=c1[nH]c2ccc(S(=O)(=O)Nc3ccc(-c4cnc[nH]4)cc3)cc2o1. The lowest BCUT2D eigenvalue weighted by atomic mass is 10.1. The number of hydrogen-bond acceptors (Lipinski definition) is 5. The molecule has 0 bridgehead atoms. The molecular formula is C16H12N4O4S. The van der Waals surface area contributed by atoms with Gasteiger partial charge in [0.15, 0.2) is 5.58 Å². The molecule has 126 valence electrons. The maximum Gasteiger partial charge on any atom is 0.417 e. The Morgan fingerprint density at radius 2 is 1.88 bits per heavy atom. The summed E-state index contributed by atoms with van der Waals surface area (Å²) in [6, 6.07) is 11.0. The fourth-order valence-corrected chi connectivity index (χ4v) is 3.51. The van der Waals surface area contributed by atoms with Gasteiger partial charge >= 0.3 is 5.76 Å². The molecule has 0 atom stereocenters. The van der Waals surface area contributed by atoms with Crippen molar-refractivity contribution in [3.63, 3.8) is 0 Å². The molecule has 0 unspecified atom stereocenters. The lowest BCUT2D eigenvalue weighted by Gasteiger charge is -2.08. The number of oxazole rings is 1. The van der Waals surface area contributed by atoms with Crippen molar-refractivity contribution >= 4 is 26.8 Å². The summed E-state index contributed by atoms with van der Waals surface area (Å²) in [5.41, 5.74) is 2.76. The molecule has 0 spiro atoms. The second-order valence-electron chi connectivity index (χ2n) is 5.32. The zero-order valence-corrected chi connectivity index (χ0v) is 13.5. The van der Waals surface area contributed by atoms with Gasteiger partial charge in [-0.05, 0) is 29.8 Å². The number of fused-ring (bicyclic) bond motifs is 1. The first-order valence-corrected chi connectivity index (χ1v) is 8.74. The highest BCUT2D eigenvalue weighted by molar-refractivity contribution is 7.92. The average molecular weight is 356 g/mol. The minimum absolute atomic E-state index is 0.000365. The number of imidazole rings is 1. The van der Waals surface area contributed by atoms with Crippen molar-refractivity contribution in [2.24, 2.45) is 0 Å². The Morgan fingerprint density at radius 1 is 1.08 bits per heavy atom. The lowest BCUT2D eigenvalue weighted by Crippen LogP contribution is -2.12. The van der Waals surface area contributed by atoms with Crippen molar-refractivity contribution in [3.05, 3.63) is 65.5 Å². The number of hydrogen-bond donors (Lipinski definition) is 3. The normalized spacial score (nSPS) is 11.7. The monoisotopic (exact) mass is 356 g/mol. The van der Waals surface area contributed by atoms with Gasteiger partial charge in [-0.2, -0.15) is 0 Å². The number of sulfonamides is 1. The average Bonchev–Trinajstić information content (AvgIpc) is 3.22. The van der Waals surface area contributed by atoms with E-state index in [1.807, 2.05) is 0 Å². The van der Waals surface area contributed by atoms with Gasteiger partial charge in [0.1, 0.15) is 0 Å². The van der Waals surface area contributed by atoms with E-state index in [1.54, 1.807) is 36.8 Å². The summed E-state index contributed by atoms with van der Waals surface area (Å²) in [6.45, 7) is 0. The van der Waals surface area contributed by atoms with E-state index in [2.05, 4.69) is 19.7 Å². The summed E-state index contributed by atoms with van der Waals surface area (Å²) >= 11 is 0. The number of H-pyrrole nitrogens is 2. The van der Waals surface area contributed by atoms with Crippen LogP contribution in [-0.4, -0.2) is 23.4 Å². The van der Waals surface area contributed by atoms with E-state index >= 15 is 0 Å². The minimum atomic E-state index is -3.81. The Kier molecular flexibility index (Phi) is 3.43. The molecule has 0 saturated carbocycles. The molecule has 2 aromatic heterocycles. The number of anilines is 1. The third-order valence-electron chi connectivity index (χ3n) is 3.65. The molecule has 2 heterocycles. The van der Waals surface area contributed by atoms with Gasteiger partial charge in [0, 0.05) is 11.8 Å². The quantitative estimate of drug-likeness (QED) is 0.518. The minimum Gasteiger partial charge on any atom is -0.408 e. The van der Waals surface area contributed by atoms with E-state index in [1.165, 1.54) is 18.2 Å². The van der Waals surface area contributed by atoms with Crippen LogP contribution in [0, 0.1) is 0 Å². The first-order chi connectivity index (χ1) is 12.0. The molecule has 0 saturated heterocycles. The molecule has 25 heavy (non-hydrogen) atoms. The summed E-state index contributed by atoms with van der Waals surface area (Å²) in [5.74, 6) is -0.632. The van der Waals surface area contributed by atoms with E-state index in [-0.39, 0.29) is 10.5 Å². The van der Waals surface area contributed by atoms with Crippen molar-refractivity contribution in [1.29, 1.82) is 0 Å². The van der Waals surface area contributed by atoms with Gasteiger partial charge < -0.3 is 9.40 Å². The fraction of sp³-hybridized carbons (Fsp3) is 0. The van der Waals surface area contributed by atoms with E-state index in [0.717, 1.165) is 11.3 Å². The molecular weight excluding hydrogens is 344 g/mol. The molecule has 3 N–H and O–H groups in total. The molecule has 0 radical (unpaired) electrons. The Balaban J connectivity index is 1.62. The molecule has 0 fully saturated rings. The van der Waals surface area contributed by atoms with Gasteiger partial charge in [-0.1, -0.05) is 12.1 Å². The zero-order valence-electron chi connectivity index (χ0n) is 12.7. The molecule has 0 amide bonds. The lowest BCUT2D eigenvalue weighted by molar-refractivity contribution is 0.554. The van der Waals surface area contributed by atoms with Crippen molar-refractivity contribution in [1.82, 2.24) is 15.0 Å². The van der Waals surface area contributed by atoms with Crippen molar-refractivity contribution in [3.8, 4) is 11.3 Å². The summed E-state index contributed by atoms with van der Waals surface area (Å²) < 4.78 is 32.4. The number of aromatic amines is 2. The highest BCUT2D eigenvalue weighted by atomic mass is 32.2. The van der Waals surface area contributed by atoms with Crippen LogP contribution < -0.4 is 10.5 Å². The maximum atomic E-state index is 12.5. The standard InChI is InChI=1S/C16H12N4O4S/c21-16-19-13-6-5-12(7-15(13)24-16)25(22,23)20-11-3-1-10(2-4-11)14-8-17-9-18-14/h1-9,20H,(H,17,18)(H,19,21). The fourth-order valence-electron chi connectivity index (χ4n) is 2.44. The zero-order chi connectivity index (χ0) is 17.4. The largest absolute Gasteiger partial charge is 0.417 e. The Hall–Kier alpha value is -3.33. The van der Waals surface area contributed by atoms with Gasteiger partial charge in [-0.25, -0.2) is 18.2 Å². The summed E-state index contributed by atoms with van der Waals surface area (Å²) in [5, 5.41) is 0. The van der Waals surface area contributed by atoms with Gasteiger partial charge in [0.05, 0.1) is 28.6 Å². The smallest absolute Gasteiger partial charge is 0.408 e. The van der Waals surface area contributed by atoms with E-state index in [9.17, 15) is 13.2 Å².